The number of halogens is 2. The molecule has 0 fully saturated rings. The number of nitrogens with one attached hydrogen (secondary N) is 1. The van der Waals surface area contributed by atoms with Crippen LogP contribution in [0.2, 0.25) is 0 Å². The van der Waals surface area contributed by atoms with E-state index in [9.17, 15) is 9.18 Å². The van der Waals surface area contributed by atoms with Gasteiger partial charge >= 0.3 is 0 Å². The van der Waals surface area contributed by atoms with Crippen LogP contribution in [0, 0.1) is 11.7 Å². The lowest BCUT2D eigenvalue weighted by atomic mass is 10.1. The molecule has 3 N–H and O–H groups in total. The van der Waals surface area contributed by atoms with Crippen LogP contribution in [0.5, 0.6) is 5.75 Å². The smallest absolute Gasteiger partial charge is 0.228 e. The minimum absolute atomic E-state index is 0. The number of nitrogens with two attached hydrogens (primary N) is 1. The molecule has 1 aromatic rings. The van der Waals surface area contributed by atoms with Gasteiger partial charge in [-0.3, -0.25) is 4.79 Å². The van der Waals surface area contributed by atoms with Gasteiger partial charge in [0.1, 0.15) is 11.6 Å². The van der Waals surface area contributed by atoms with Gasteiger partial charge in [0, 0.05) is 18.5 Å². The largest absolute Gasteiger partial charge is 0.497 e. The number of carbonyl (C=O) groups is 1. The van der Waals surface area contributed by atoms with E-state index in [0.29, 0.717) is 5.75 Å². The van der Waals surface area contributed by atoms with Crippen molar-refractivity contribution in [2.45, 2.75) is 6.92 Å². The van der Waals surface area contributed by atoms with Gasteiger partial charge in [-0.15, -0.1) is 12.4 Å². The molecule has 17 heavy (non-hydrogen) atoms. The standard InChI is InChI=1S/C11H15FN2O2.ClH/c1-7(6-13)11(15)14-10-5-8(16-2)3-4-9(10)12;/h3-5,7H,6,13H2,1-2H3,(H,14,15);1H. The van der Waals surface area contributed by atoms with Gasteiger partial charge in [-0.05, 0) is 12.1 Å². The van der Waals surface area contributed by atoms with E-state index in [1.807, 2.05) is 0 Å². The molecule has 0 bridgehead atoms. The fourth-order valence-electron chi connectivity index (χ4n) is 1.09. The SMILES string of the molecule is COc1ccc(F)c(NC(=O)C(C)CN)c1.Cl. The summed E-state index contributed by atoms with van der Waals surface area (Å²) in [7, 11) is 1.47. The van der Waals surface area contributed by atoms with Crippen LogP contribution < -0.4 is 15.8 Å². The van der Waals surface area contributed by atoms with Crippen molar-refractivity contribution in [1.82, 2.24) is 0 Å². The van der Waals surface area contributed by atoms with E-state index in [4.69, 9.17) is 10.5 Å². The van der Waals surface area contributed by atoms with Gasteiger partial charge in [-0.1, -0.05) is 6.92 Å². The summed E-state index contributed by atoms with van der Waals surface area (Å²) in [6.45, 7) is 1.89. The highest BCUT2D eigenvalue weighted by atomic mass is 35.5. The molecule has 0 saturated carbocycles. The lowest BCUT2D eigenvalue weighted by Gasteiger charge is -2.11. The Balaban J connectivity index is 0.00000256. The second-order valence-corrected chi connectivity index (χ2v) is 3.47. The summed E-state index contributed by atoms with van der Waals surface area (Å²) >= 11 is 0. The summed E-state index contributed by atoms with van der Waals surface area (Å²) in [6.07, 6.45) is 0. The van der Waals surface area contributed by atoms with E-state index in [1.54, 1.807) is 6.92 Å². The Kier molecular flexibility index (Phi) is 6.53. The van der Waals surface area contributed by atoms with Gasteiger partial charge in [-0.2, -0.15) is 0 Å². The lowest BCUT2D eigenvalue weighted by molar-refractivity contribution is -0.119. The first-order chi connectivity index (χ1) is 7.58. The molecule has 0 aliphatic heterocycles. The molecule has 4 nitrogen and oxygen atoms in total. The average Bonchev–Trinajstić information content (AvgIpc) is 2.30. The van der Waals surface area contributed by atoms with Crippen molar-refractivity contribution >= 4 is 24.0 Å². The van der Waals surface area contributed by atoms with E-state index in [2.05, 4.69) is 5.32 Å². The van der Waals surface area contributed by atoms with Crippen LogP contribution in [0.4, 0.5) is 10.1 Å². The molecule has 0 aromatic heterocycles. The second-order valence-electron chi connectivity index (χ2n) is 3.47. The zero-order valence-corrected chi connectivity index (χ0v) is 10.5. The normalized spacial score (nSPS) is 11.3. The molecule has 6 heteroatoms. The maximum atomic E-state index is 13.3. The van der Waals surface area contributed by atoms with E-state index in [1.165, 1.54) is 25.3 Å². The third-order valence-corrected chi connectivity index (χ3v) is 2.23. The van der Waals surface area contributed by atoms with Crippen LogP contribution in [-0.4, -0.2) is 19.6 Å². The zero-order valence-electron chi connectivity index (χ0n) is 9.70. The highest BCUT2D eigenvalue weighted by Gasteiger charge is 2.13. The Bertz CT molecular complexity index is 388. The van der Waals surface area contributed by atoms with Crippen LogP contribution in [-0.2, 0) is 4.79 Å². The van der Waals surface area contributed by atoms with Crippen molar-refractivity contribution in [2.24, 2.45) is 11.7 Å². The van der Waals surface area contributed by atoms with Gasteiger partial charge in [0.25, 0.3) is 0 Å². The van der Waals surface area contributed by atoms with Crippen LogP contribution in [0.1, 0.15) is 6.92 Å². The molecular weight excluding hydrogens is 247 g/mol. The molecule has 1 rings (SSSR count). The molecule has 1 amide bonds. The monoisotopic (exact) mass is 262 g/mol. The van der Waals surface area contributed by atoms with Crippen molar-refractivity contribution < 1.29 is 13.9 Å². The van der Waals surface area contributed by atoms with Crippen LogP contribution in [0.15, 0.2) is 18.2 Å². The van der Waals surface area contributed by atoms with Crippen molar-refractivity contribution in [3.05, 3.63) is 24.0 Å². The molecule has 96 valence electrons. The van der Waals surface area contributed by atoms with Gasteiger partial charge in [0.2, 0.25) is 5.91 Å². The molecule has 0 aliphatic carbocycles. The molecule has 1 aromatic carbocycles. The molecule has 0 radical (unpaired) electrons. The molecule has 0 saturated heterocycles. The Morgan fingerprint density at radius 1 is 1.59 bits per heavy atom. The number of carbonyl (C=O) groups excluding carboxylic acids is 1. The van der Waals surface area contributed by atoms with E-state index < -0.39 is 5.82 Å². The van der Waals surface area contributed by atoms with Crippen molar-refractivity contribution in [1.29, 1.82) is 0 Å². The number of amides is 1. The van der Waals surface area contributed by atoms with E-state index in [-0.39, 0.29) is 36.5 Å². The maximum absolute atomic E-state index is 13.3. The summed E-state index contributed by atoms with van der Waals surface area (Å²) < 4.78 is 18.3. The number of methoxy groups -OCH3 is 1. The first-order valence-corrected chi connectivity index (χ1v) is 4.93. The number of hydrogen-bond donors (Lipinski definition) is 2. The minimum atomic E-state index is -0.502. The summed E-state index contributed by atoms with van der Waals surface area (Å²) in [4.78, 5) is 11.5. The molecule has 1 atom stereocenters. The molecule has 0 aliphatic rings. The van der Waals surface area contributed by atoms with Gasteiger partial charge in [0.05, 0.1) is 12.8 Å². The van der Waals surface area contributed by atoms with E-state index in [0.717, 1.165) is 0 Å². The Hall–Kier alpha value is -1.33. The van der Waals surface area contributed by atoms with Crippen molar-refractivity contribution in [3.63, 3.8) is 0 Å². The highest BCUT2D eigenvalue weighted by Crippen LogP contribution is 2.21. The highest BCUT2D eigenvalue weighted by molar-refractivity contribution is 5.92. The molecule has 1 unspecified atom stereocenters. The first kappa shape index (κ1) is 15.7. The average molecular weight is 263 g/mol. The Morgan fingerprint density at radius 2 is 2.24 bits per heavy atom. The number of hydrogen-bond acceptors (Lipinski definition) is 3. The number of anilines is 1. The first-order valence-electron chi connectivity index (χ1n) is 4.93. The zero-order chi connectivity index (χ0) is 12.1. The fourth-order valence-corrected chi connectivity index (χ4v) is 1.09. The number of rotatable bonds is 4. The molecule has 0 heterocycles. The summed E-state index contributed by atoms with van der Waals surface area (Å²) in [5, 5.41) is 2.46. The summed E-state index contributed by atoms with van der Waals surface area (Å²) in [5.74, 6) is -0.685. The van der Waals surface area contributed by atoms with Crippen LogP contribution >= 0.6 is 12.4 Å². The third-order valence-electron chi connectivity index (χ3n) is 2.23. The van der Waals surface area contributed by atoms with Gasteiger partial charge in [0.15, 0.2) is 0 Å². The van der Waals surface area contributed by atoms with Gasteiger partial charge < -0.3 is 15.8 Å². The predicted molar refractivity (Wildman–Crippen MR) is 67.0 cm³/mol. The minimum Gasteiger partial charge on any atom is -0.497 e. The summed E-state index contributed by atoms with van der Waals surface area (Å²) in [6, 6.07) is 4.15. The van der Waals surface area contributed by atoms with Crippen molar-refractivity contribution in [3.8, 4) is 5.75 Å². The van der Waals surface area contributed by atoms with Crippen LogP contribution in [0.25, 0.3) is 0 Å². The fraction of sp³-hybridized carbons (Fsp3) is 0.364. The molecular formula is C11H16ClFN2O2. The number of benzene rings is 1. The summed E-state index contributed by atoms with van der Waals surface area (Å²) in [5.41, 5.74) is 5.44. The van der Waals surface area contributed by atoms with Crippen molar-refractivity contribution in [2.75, 3.05) is 19.0 Å². The topological polar surface area (TPSA) is 64.3 Å². The third kappa shape index (κ3) is 4.20. The number of ether oxygens (including phenoxy) is 1. The second kappa shape index (κ2) is 7.09. The lowest BCUT2D eigenvalue weighted by Crippen LogP contribution is -2.27. The Labute approximate surface area is 106 Å². The maximum Gasteiger partial charge on any atom is 0.228 e. The Morgan fingerprint density at radius 3 is 2.76 bits per heavy atom. The molecule has 0 spiro atoms. The van der Waals surface area contributed by atoms with E-state index >= 15 is 0 Å². The quantitative estimate of drug-likeness (QED) is 0.870. The predicted octanol–water partition coefficient (Wildman–Crippen LogP) is 1.79. The van der Waals surface area contributed by atoms with Crippen LogP contribution in [0.3, 0.4) is 0 Å². The van der Waals surface area contributed by atoms with Gasteiger partial charge in [-0.25, -0.2) is 4.39 Å².